The second-order valence-electron chi connectivity index (χ2n) is 6.79. The molecule has 1 N–H and O–H groups in total. The van der Waals surface area contributed by atoms with Crippen LogP contribution in [0.4, 0.5) is 18.9 Å². The van der Waals surface area contributed by atoms with E-state index in [-0.39, 0.29) is 16.5 Å². The lowest BCUT2D eigenvalue weighted by molar-refractivity contribution is -0.120. The third-order valence-corrected chi connectivity index (χ3v) is 5.34. The summed E-state index contributed by atoms with van der Waals surface area (Å²) in [6, 6.07) is 13.2. The number of alkyl halides is 3. The molecular weight excluding hydrogens is 377 g/mol. The van der Waals surface area contributed by atoms with Gasteiger partial charge in [0.05, 0.1) is 16.6 Å². The molecule has 3 nitrogen and oxygen atoms in total. The number of aromatic nitrogens is 1. The number of anilines is 1. The molecule has 2 aromatic carbocycles. The van der Waals surface area contributed by atoms with E-state index in [1.807, 2.05) is 37.3 Å². The topological polar surface area (TPSA) is 36.1 Å². The van der Waals surface area contributed by atoms with Gasteiger partial charge in [0.15, 0.2) is 0 Å². The van der Waals surface area contributed by atoms with E-state index in [1.165, 1.54) is 11.0 Å². The summed E-state index contributed by atoms with van der Waals surface area (Å²) < 4.78 is 40.0. The number of fused-ring (bicyclic) bond motifs is 3. The summed E-state index contributed by atoms with van der Waals surface area (Å²) in [5, 5.41) is 0.852. The van der Waals surface area contributed by atoms with E-state index in [0.29, 0.717) is 16.6 Å². The van der Waals surface area contributed by atoms with Gasteiger partial charge in [-0.05, 0) is 23.3 Å². The highest BCUT2D eigenvalue weighted by atomic mass is 35.5. The Morgan fingerprint density at radius 3 is 2.52 bits per heavy atom. The summed E-state index contributed by atoms with van der Waals surface area (Å²) in [6.07, 6.45) is -4.35. The van der Waals surface area contributed by atoms with Gasteiger partial charge in [0.1, 0.15) is 6.54 Å². The van der Waals surface area contributed by atoms with E-state index < -0.39 is 18.8 Å². The molecule has 0 aliphatic carbocycles. The van der Waals surface area contributed by atoms with Crippen molar-refractivity contribution in [3.05, 3.63) is 75.0 Å². The Morgan fingerprint density at radius 2 is 1.85 bits per heavy atom. The predicted octanol–water partition coefficient (Wildman–Crippen LogP) is 5.41. The predicted molar refractivity (Wildman–Crippen MR) is 101 cm³/mol. The van der Waals surface area contributed by atoms with Gasteiger partial charge >= 0.3 is 6.18 Å². The first-order valence-electron chi connectivity index (χ1n) is 8.50. The number of pyridine rings is 1. The maximum atomic E-state index is 13.3. The number of benzene rings is 2. The third-order valence-electron chi connectivity index (χ3n) is 5.04. The molecule has 0 spiro atoms. The van der Waals surface area contributed by atoms with E-state index >= 15 is 0 Å². The second-order valence-corrected chi connectivity index (χ2v) is 7.20. The molecule has 3 aromatic rings. The molecule has 1 aromatic heterocycles. The molecule has 2 unspecified atom stereocenters. The molecule has 4 rings (SSSR count). The summed E-state index contributed by atoms with van der Waals surface area (Å²) in [4.78, 5) is 15.8. The maximum Gasteiger partial charge on any atom is 0.405 e. The minimum absolute atomic E-state index is 0.239. The smallest absolute Gasteiger partial charge is 0.355 e. The number of H-pyrrole nitrogens is 1. The van der Waals surface area contributed by atoms with E-state index in [0.717, 1.165) is 11.1 Å². The lowest BCUT2D eigenvalue weighted by atomic mass is 9.90. The maximum absolute atomic E-state index is 13.3. The van der Waals surface area contributed by atoms with Crippen LogP contribution in [0.3, 0.4) is 0 Å². The van der Waals surface area contributed by atoms with E-state index in [1.54, 1.807) is 12.1 Å². The van der Waals surface area contributed by atoms with Gasteiger partial charge in [0.25, 0.3) is 0 Å². The van der Waals surface area contributed by atoms with Crippen molar-refractivity contribution in [3.63, 3.8) is 0 Å². The Kier molecular flexibility index (Phi) is 4.18. The normalized spacial score (nSPS) is 19.5. The first kappa shape index (κ1) is 17.9. The lowest BCUT2D eigenvalue weighted by Gasteiger charge is -2.30. The fourth-order valence-corrected chi connectivity index (χ4v) is 4.41. The molecule has 0 bridgehead atoms. The number of hydrogen-bond acceptors (Lipinski definition) is 2. The molecule has 7 heteroatoms. The van der Waals surface area contributed by atoms with Gasteiger partial charge in [-0.1, -0.05) is 48.9 Å². The number of nitrogens with one attached hydrogen (secondary N) is 1. The molecule has 0 saturated heterocycles. The number of hydrogen-bond donors (Lipinski definition) is 1. The summed E-state index contributed by atoms with van der Waals surface area (Å²) in [5.74, 6) is -0.239. The van der Waals surface area contributed by atoms with Gasteiger partial charge in [-0.3, -0.25) is 4.79 Å². The molecule has 0 fully saturated rings. The van der Waals surface area contributed by atoms with Crippen molar-refractivity contribution in [2.75, 3.05) is 11.4 Å². The van der Waals surface area contributed by atoms with Crippen LogP contribution in [-0.4, -0.2) is 17.7 Å². The number of nitrogens with zero attached hydrogens (tertiary/aromatic N) is 1. The Bertz CT molecular complexity index is 1060. The molecule has 1 aliphatic rings. The number of aromatic amines is 1. The summed E-state index contributed by atoms with van der Waals surface area (Å²) in [6.45, 7) is 0.837. The Morgan fingerprint density at radius 1 is 1.15 bits per heavy atom. The fourth-order valence-electron chi connectivity index (χ4n) is 4.11. The Labute approximate surface area is 158 Å². The quantitative estimate of drug-likeness (QED) is 0.633. The minimum atomic E-state index is -4.35. The van der Waals surface area contributed by atoms with Gasteiger partial charge in [-0.2, -0.15) is 13.2 Å². The zero-order valence-corrected chi connectivity index (χ0v) is 15.1. The van der Waals surface area contributed by atoms with Crippen LogP contribution in [0.25, 0.3) is 10.9 Å². The van der Waals surface area contributed by atoms with Crippen molar-refractivity contribution in [2.45, 2.75) is 25.1 Å². The van der Waals surface area contributed by atoms with E-state index in [4.69, 9.17) is 11.6 Å². The van der Waals surface area contributed by atoms with Gasteiger partial charge in [-0.25, -0.2) is 0 Å². The van der Waals surface area contributed by atoms with Crippen LogP contribution in [0.5, 0.6) is 0 Å². The van der Waals surface area contributed by atoms with Crippen molar-refractivity contribution >= 4 is 28.2 Å². The van der Waals surface area contributed by atoms with Crippen LogP contribution in [-0.2, 0) is 0 Å². The number of rotatable bonds is 2. The standard InChI is InChI=1S/C20H16ClF3N2O/c1-11-17-15(8-7-14-18(17)13(21)9-16(27)25-14)26(10-20(22,23)24)19(11)12-5-3-2-4-6-12/h2-9,11,19H,10H2,1H3,(H,25,27). The summed E-state index contributed by atoms with van der Waals surface area (Å²) in [7, 11) is 0. The molecule has 0 saturated carbocycles. The number of halogens is 4. The summed E-state index contributed by atoms with van der Waals surface area (Å²) >= 11 is 6.33. The Balaban J connectivity index is 1.97. The van der Waals surface area contributed by atoms with Gasteiger partial charge in [0.2, 0.25) is 5.56 Å². The van der Waals surface area contributed by atoms with Crippen LogP contribution in [0.1, 0.15) is 30.0 Å². The zero-order chi connectivity index (χ0) is 19.3. The van der Waals surface area contributed by atoms with E-state index in [2.05, 4.69) is 4.98 Å². The fraction of sp³-hybridized carbons (Fsp3) is 0.250. The van der Waals surface area contributed by atoms with Gasteiger partial charge < -0.3 is 9.88 Å². The second kappa shape index (κ2) is 6.30. The van der Waals surface area contributed by atoms with Crippen LogP contribution >= 0.6 is 11.6 Å². The zero-order valence-electron chi connectivity index (χ0n) is 14.3. The highest BCUT2D eigenvalue weighted by Gasteiger charge is 2.43. The molecule has 1 aliphatic heterocycles. The van der Waals surface area contributed by atoms with Gasteiger partial charge in [-0.15, -0.1) is 0 Å². The largest absolute Gasteiger partial charge is 0.405 e. The van der Waals surface area contributed by atoms with Crippen LogP contribution in [0.15, 0.2) is 53.3 Å². The SMILES string of the molecule is CC1c2c(ccc3[nH]c(=O)cc(Cl)c23)N(CC(F)(F)F)C1c1ccccc1. The van der Waals surface area contributed by atoms with Gasteiger partial charge in [0, 0.05) is 23.1 Å². The van der Waals surface area contributed by atoms with Crippen molar-refractivity contribution in [1.82, 2.24) is 4.98 Å². The van der Waals surface area contributed by atoms with Crippen LogP contribution < -0.4 is 10.5 Å². The van der Waals surface area contributed by atoms with Crippen LogP contribution in [0.2, 0.25) is 5.02 Å². The van der Waals surface area contributed by atoms with Crippen molar-refractivity contribution < 1.29 is 13.2 Å². The van der Waals surface area contributed by atoms with Crippen LogP contribution in [0, 0.1) is 0 Å². The molecule has 2 atom stereocenters. The molecule has 0 amide bonds. The average molecular weight is 393 g/mol. The summed E-state index contributed by atoms with van der Waals surface area (Å²) in [5.41, 5.74) is 2.21. The minimum Gasteiger partial charge on any atom is -0.355 e. The average Bonchev–Trinajstić information content (AvgIpc) is 2.85. The highest BCUT2D eigenvalue weighted by Crippen LogP contribution is 2.52. The molecule has 2 heterocycles. The van der Waals surface area contributed by atoms with Crippen molar-refractivity contribution in [2.24, 2.45) is 0 Å². The molecule has 140 valence electrons. The highest BCUT2D eigenvalue weighted by molar-refractivity contribution is 6.35. The van der Waals surface area contributed by atoms with E-state index in [9.17, 15) is 18.0 Å². The Hall–Kier alpha value is -2.47. The first-order valence-corrected chi connectivity index (χ1v) is 8.88. The first-order chi connectivity index (χ1) is 12.8. The van der Waals surface area contributed by atoms with Crippen molar-refractivity contribution in [1.29, 1.82) is 0 Å². The molecule has 27 heavy (non-hydrogen) atoms. The van der Waals surface area contributed by atoms with Crippen molar-refractivity contribution in [3.8, 4) is 0 Å². The molecule has 0 radical (unpaired) electrons. The molecular formula is C20H16ClF3N2O. The monoisotopic (exact) mass is 392 g/mol. The third kappa shape index (κ3) is 3.08. The lowest BCUT2D eigenvalue weighted by Crippen LogP contribution is -2.35.